The third-order valence-corrected chi connectivity index (χ3v) is 6.74. The second-order valence-corrected chi connectivity index (χ2v) is 9.28. The first kappa shape index (κ1) is 23.5. The van der Waals surface area contributed by atoms with Gasteiger partial charge in [0, 0.05) is 19.6 Å². The predicted octanol–water partition coefficient (Wildman–Crippen LogP) is 3.23. The summed E-state index contributed by atoms with van der Waals surface area (Å²) in [5.74, 6) is 1.12. The summed E-state index contributed by atoms with van der Waals surface area (Å²) in [6, 6.07) is 18.5. The Kier molecular flexibility index (Phi) is 8.15. The van der Waals surface area contributed by atoms with Crippen molar-refractivity contribution in [2.45, 2.75) is 31.6 Å². The molecule has 1 amide bonds. The highest BCUT2D eigenvalue weighted by atomic mass is 32.2. The number of aryl methyl sites for hydroxylation is 2. The number of amides is 1. The number of aromatic nitrogens is 3. The van der Waals surface area contributed by atoms with Gasteiger partial charge in [-0.05, 0) is 25.0 Å². The Labute approximate surface area is 199 Å². The zero-order valence-electron chi connectivity index (χ0n) is 19.2. The molecule has 0 saturated carbocycles. The van der Waals surface area contributed by atoms with Gasteiger partial charge in [-0.3, -0.25) is 9.69 Å². The summed E-state index contributed by atoms with van der Waals surface area (Å²) in [4.78, 5) is 15.3. The molecule has 2 heterocycles. The molecule has 1 fully saturated rings. The monoisotopic (exact) mass is 465 g/mol. The molecule has 1 aliphatic rings. The van der Waals surface area contributed by atoms with Crippen LogP contribution in [0.5, 0.6) is 0 Å². The number of hydrogen-bond acceptors (Lipinski definition) is 6. The molecule has 1 unspecified atom stereocenters. The molecule has 8 heteroatoms. The average Bonchev–Trinajstić information content (AvgIpc) is 3.18. The number of rotatable bonds is 9. The van der Waals surface area contributed by atoms with Gasteiger partial charge in [-0.2, -0.15) is 0 Å². The van der Waals surface area contributed by atoms with Crippen molar-refractivity contribution in [2.75, 3.05) is 38.6 Å². The smallest absolute Gasteiger partial charge is 0.231 e. The summed E-state index contributed by atoms with van der Waals surface area (Å²) in [6.07, 6.45) is 0. The molecular weight excluding hydrogens is 434 g/mol. The number of morpholine rings is 1. The number of carbonyl (C=O) groups is 1. The van der Waals surface area contributed by atoms with Crippen LogP contribution in [0.2, 0.25) is 0 Å². The molecule has 1 aromatic heterocycles. The number of thioether (sulfide) groups is 1. The molecule has 0 aliphatic carbocycles. The van der Waals surface area contributed by atoms with Crippen LogP contribution < -0.4 is 5.32 Å². The highest BCUT2D eigenvalue weighted by molar-refractivity contribution is 7.99. The van der Waals surface area contributed by atoms with E-state index in [2.05, 4.69) is 68.3 Å². The van der Waals surface area contributed by atoms with Gasteiger partial charge in [0.05, 0.1) is 31.6 Å². The highest BCUT2D eigenvalue weighted by Gasteiger charge is 2.21. The third-order valence-electron chi connectivity index (χ3n) is 5.78. The first-order valence-corrected chi connectivity index (χ1v) is 12.3. The normalized spacial score (nSPS) is 15.3. The summed E-state index contributed by atoms with van der Waals surface area (Å²) in [5.41, 5.74) is 3.50. The maximum atomic E-state index is 13.0. The lowest BCUT2D eigenvalue weighted by Crippen LogP contribution is -2.43. The molecule has 33 heavy (non-hydrogen) atoms. The zero-order chi connectivity index (χ0) is 23.0. The molecular formula is C25H31N5O2S. The van der Waals surface area contributed by atoms with Gasteiger partial charge in [0.15, 0.2) is 5.16 Å². The number of carbonyl (C=O) groups excluding carboxylic acids is 1. The molecule has 7 nitrogen and oxygen atoms in total. The number of nitrogens with one attached hydrogen (secondary N) is 1. The number of benzene rings is 2. The van der Waals surface area contributed by atoms with Gasteiger partial charge in [-0.15, -0.1) is 10.2 Å². The summed E-state index contributed by atoms with van der Waals surface area (Å²) in [7, 11) is 0. The molecule has 0 spiro atoms. The average molecular weight is 466 g/mol. The zero-order valence-corrected chi connectivity index (χ0v) is 20.1. The molecule has 1 saturated heterocycles. The number of nitrogens with zero attached hydrogens (tertiary/aromatic N) is 4. The van der Waals surface area contributed by atoms with Crippen LogP contribution in [0, 0.1) is 13.8 Å². The van der Waals surface area contributed by atoms with Crippen molar-refractivity contribution in [2.24, 2.45) is 0 Å². The minimum absolute atomic E-state index is 0.00857. The molecule has 2 aromatic carbocycles. The minimum Gasteiger partial charge on any atom is -0.379 e. The van der Waals surface area contributed by atoms with Crippen LogP contribution in [0.3, 0.4) is 0 Å². The van der Waals surface area contributed by atoms with E-state index in [0.29, 0.717) is 12.3 Å². The number of hydrogen-bond donors (Lipinski definition) is 1. The quantitative estimate of drug-likeness (QED) is 0.489. The molecule has 0 bridgehead atoms. The van der Waals surface area contributed by atoms with E-state index in [1.807, 2.05) is 25.1 Å². The lowest BCUT2D eigenvalue weighted by Gasteiger charge is -2.31. The Bertz CT molecular complexity index is 1030. The van der Waals surface area contributed by atoms with E-state index in [1.165, 1.54) is 22.9 Å². The molecule has 0 radical (unpaired) electrons. The van der Waals surface area contributed by atoms with Crippen molar-refractivity contribution in [1.29, 1.82) is 0 Å². The van der Waals surface area contributed by atoms with E-state index < -0.39 is 0 Å². The summed E-state index contributed by atoms with van der Waals surface area (Å²) in [5, 5.41) is 12.5. The second-order valence-electron chi connectivity index (χ2n) is 8.33. The van der Waals surface area contributed by atoms with Crippen molar-refractivity contribution in [1.82, 2.24) is 25.0 Å². The number of ether oxygens (including phenoxy) is 1. The summed E-state index contributed by atoms with van der Waals surface area (Å²) >= 11 is 1.42. The largest absolute Gasteiger partial charge is 0.379 e. The van der Waals surface area contributed by atoms with Gasteiger partial charge in [0.25, 0.3) is 0 Å². The summed E-state index contributed by atoms with van der Waals surface area (Å²) < 4.78 is 7.53. The van der Waals surface area contributed by atoms with Crippen LogP contribution in [-0.4, -0.2) is 64.2 Å². The molecule has 3 aromatic rings. The van der Waals surface area contributed by atoms with Crippen LogP contribution >= 0.6 is 11.8 Å². The van der Waals surface area contributed by atoms with E-state index in [0.717, 1.165) is 49.4 Å². The lowest BCUT2D eigenvalue weighted by molar-refractivity contribution is -0.119. The second kappa shape index (κ2) is 11.4. The first-order chi connectivity index (χ1) is 16.1. The highest BCUT2D eigenvalue weighted by Crippen LogP contribution is 2.20. The predicted molar refractivity (Wildman–Crippen MR) is 130 cm³/mol. The van der Waals surface area contributed by atoms with Gasteiger partial charge in [0.1, 0.15) is 5.82 Å². The van der Waals surface area contributed by atoms with Crippen LogP contribution in [0.25, 0.3) is 0 Å². The standard InChI is InChI=1S/C25H31N5O2S/c1-19-8-10-22(11-9-19)23(17-29-12-14-32-15-13-29)26-24(31)18-33-25-28-27-20(2)30(25)16-21-6-4-3-5-7-21/h3-11,23H,12-18H2,1-2H3,(H,26,31). The van der Waals surface area contributed by atoms with Gasteiger partial charge in [0.2, 0.25) is 5.91 Å². The summed E-state index contributed by atoms with van der Waals surface area (Å²) in [6.45, 7) is 8.71. The van der Waals surface area contributed by atoms with Gasteiger partial charge in [-0.1, -0.05) is 71.9 Å². The SMILES string of the molecule is Cc1ccc(C(CN2CCOCC2)NC(=O)CSc2nnc(C)n2Cc2ccccc2)cc1. The first-order valence-electron chi connectivity index (χ1n) is 11.3. The van der Waals surface area contributed by atoms with E-state index in [9.17, 15) is 4.79 Å². The Balaban J connectivity index is 1.40. The van der Waals surface area contributed by atoms with Gasteiger partial charge >= 0.3 is 0 Å². The van der Waals surface area contributed by atoms with Crippen molar-refractivity contribution in [3.8, 4) is 0 Å². The Morgan fingerprint density at radius 2 is 1.79 bits per heavy atom. The topological polar surface area (TPSA) is 72.3 Å². The van der Waals surface area contributed by atoms with E-state index in [-0.39, 0.29) is 11.9 Å². The van der Waals surface area contributed by atoms with Crippen molar-refractivity contribution < 1.29 is 9.53 Å². The molecule has 4 rings (SSSR count). The molecule has 1 N–H and O–H groups in total. The van der Waals surface area contributed by atoms with Crippen molar-refractivity contribution >= 4 is 17.7 Å². The molecule has 1 atom stereocenters. The molecule has 1 aliphatic heterocycles. The maximum Gasteiger partial charge on any atom is 0.231 e. The Morgan fingerprint density at radius 3 is 2.52 bits per heavy atom. The van der Waals surface area contributed by atoms with Gasteiger partial charge < -0.3 is 14.6 Å². The van der Waals surface area contributed by atoms with Crippen molar-refractivity contribution in [3.63, 3.8) is 0 Å². The van der Waals surface area contributed by atoms with Gasteiger partial charge in [-0.25, -0.2) is 0 Å². The fourth-order valence-electron chi connectivity index (χ4n) is 3.86. The van der Waals surface area contributed by atoms with E-state index in [4.69, 9.17) is 4.74 Å². The van der Waals surface area contributed by atoms with Crippen LogP contribution in [0.15, 0.2) is 59.8 Å². The minimum atomic E-state index is -0.0688. The Hall–Kier alpha value is -2.68. The lowest BCUT2D eigenvalue weighted by atomic mass is 10.0. The van der Waals surface area contributed by atoms with Crippen LogP contribution in [0.4, 0.5) is 0 Å². The van der Waals surface area contributed by atoms with E-state index in [1.54, 1.807) is 0 Å². The van der Waals surface area contributed by atoms with Crippen LogP contribution in [-0.2, 0) is 16.1 Å². The Morgan fingerprint density at radius 1 is 1.06 bits per heavy atom. The van der Waals surface area contributed by atoms with Crippen LogP contribution in [0.1, 0.15) is 28.6 Å². The molecule has 174 valence electrons. The third kappa shape index (κ3) is 6.66. The van der Waals surface area contributed by atoms with Crippen molar-refractivity contribution in [3.05, 3.63) is 77.1 Å². The maximum absolute atomic E-state index is 13.0. The van der Waals surface area contributed by atoms with E-state index >= 15 is 0 Å². The fourth-order valence-corrected chi connectivity index (χ4v) is 4.65. The fraction of sp³-hybridized carbons (Fsp3) is 0.400.